The van der Waals surface area contributed by atoms with E-state index in [-0.39, 0.29) is 11.5 Å². The largest absolute Gasteiger partial charge is 0.478 e. The Balaban J connectivity index is 2.39. The van der Waals surface area contributed by atoms with Crippen molar-refractivity contribution in [1.82, 2.24) is 5.32 Å². The fourth-order valence-corrected chi connectivity index (χ4v) is 1.40. The van der Waals surface area contributed by atoms with Crippen molar-refractivity contribution in [3.05, 3.63) is 48.0 Å². The monoisotopic (exact) mass is 263 g/mol. The van der Waals surface area contributed by atoms with Crippen molar-refractivity contribution < 1.29 is 19.4 Å². The lowest BCUT2D eigenvalue weighted by Crippen LogP contribution is -2.27. The maximum Gasteiger partial charge on any atom is 0.335 e. The molecule has 1 rings (SSSR count). The predicted molar refractivity (Wildman–Crippen MR) is 71.4 cm³/mol. The molecule has 1 aromatic carbocycles. The minimum atomic E-state index is -1.05. The van der Waals surface area contributed by atoms with Gasteiger partial charge < -0.3 is 15.2 Å². The van der Waals surface area contributed by atoms with Crippen LogP contribution >= 0.6 is 0 Å². The Kier molecular flexibility index (Phi) is 6.32. The van der Waals surface area contributed by atoms with E-state index in [1.165, 1.54) is 12.1 Å². The van der Waals surface area contributed by atoms with Crippen LogP contribution in [-0.4, -0.2) is 36.7 Å². The molecular formula is C14H17NO4. The Morgan fingerprint density at radius 3 is 2.74 bits per heavy atom. The molecule has 0 radical (unpaired) electrons. The van der Waals surface area contributed by atoms with Crippen LogP contribution in [0.5, 0.6) is 0 Å². The van der Waals surface area contributed by atoms with E-state index in [0.29, 0.717) is 25.3 Å². The van der Waals surface area contributed by atoms with Gasteiger partial charge in [0.2, 0.25) is 0 Å². The van der Waals surface area contributed by atoms with Crippen molar-refractivity contribution in [3.63, 3.8) is 0 Å². The molecule has 102 valence electrons. The van der Waals surface area contributed by atoms with Gasteiger partial charge in [-0.1, -0.05) is 12.1 Å². The molecule has 0 spiro atoms. The van der Waals surface area contributed by atoms with Crippen molar-refractivity contribution in [2.45, 2.75) is 6.42 Å². The SMILES string of the molecule is C=CCCOCCNC(=O)c1cccc(C(=O)O)c1. The van der Waals surface area contributed by atoms with Gasteiger partial charge in [0.15, 0.2) is 0 Å². The Labute approximate surface area is 111 Å². The molecule has 1 amide bonds. The first-order valence-corrected chi connectivity index (χ1v) is 5.95. The van der Waals surface area contributed by atoms with Gasteiger partial charge in [0.05, 0.1) is 18.8 Å². The lowest BCUT2D eigenvalue weighted by Gasteiger charge is -2.06. The molecule has 5 heteroatoms. The topological polar surface area (TPSA) is 75.6 Å². The van der Waals surface area contributed by atoms with Gasteiger partial charge in [-0.25, -0.2) is 4.79 Å². The smallest absolute Gasteiger partial charge is 0.335 e. The van der Waals surface area contributed by atoms with Crippen LogP contribution in [0.25, 0.3) is 0 Å². The first-order chi connectivity index (χ1) is 9.15. The third kappa shape index (κ3) is 5.35. The maximum absolute atomic E-state index is 11.7. The lowest BCUT2D eigenvalue weighted by atomic mass is 10.1. The first kappa shape index (κ1) is 14.9. The van der Waals surface area contributed by atoms with Crippen molar-refractivity contribution in [3.8, 4) is 0 Å². The summed E-state index contributed by atoms with van der Waals surface area (Å²) in [4.78, 5) is 22.5. The van der Waals surface area contributed by atoms with Crippen LogP contribution < -0.4 is 5.32 Å². The number of ether oxygens (including phenoxy) is 1. The number of carboxylic acid groups (broad SMARTS) is 1. The summed E-state index contributed by atoms with van der Waals surface area (Å²) in [5.41, 5.74) is 0.417. The van der Waals surface area contributed by atoms with Gasteiger partial charge in [-0.2, -0.15) is 0 Å². The molecule has 0 atom stereocenters. The third-order valence-electron chi connectivity index (χ3n) is 2.37. The molecule has 0 aliphatic carbocycles. The molecule has 0 bridgehead atoms. The highest BCUT2D eigenvalue weighted by Crippen LogP contribution is 2.05. The Morgan fingerprint density at radius 1 is 1.32 bits per heavy atom. The van der Waals surface area contributed by atoms with Crippen molar-refractivity contribution in [2.24, 2.45) is 0 Å². The summed E-state index contributed by atoms with van der Waals surface area (Å²) >= 11 is 0. The second kappa shape index (κ2) is 8.05. The van der Waals surface area contributed by atoms with Crippen LogP contribution in [0.2, 0.25) is 0 Å². The van der Waals surface area contributed by atoms with Crippen molar-refractivity contribution in [1.29, 1.82) is 0 Å². The normalized spacial score (nSPS) is 9.89. The van der Waals surface area contributed by atoms with Crippen LogP contribution in [0.1, 0.15) is 27.1 Å². The highest BCUT2D eigenvalue weighted by atomic mass is 16.5. The van der Waals surface area contributed by atoms with Gasteiger partial charge in [-0.05, 0) is 24.6 Å². The van der Waals surface area contributed by atoms with Gasteiger partial charge in [-0.15, -0.1) is 6.58 Å². The third-order valence-corrected chi connectivity index (χ3v) is 2.37. The van der Waals surface area contributed by atoms with E-state index in [2.05, 4.69) is 11.9 Å². The van der Waals surface area contributed by atoms with Gasteiger partial charge in [0.1, 0.15) is 0 Å². The molecule has 0 fully saturated rings. The van der Waals surface area contributed by atoms with Crippen LogP contribution in [0.15, 0.2) is 36.9 Å². The standard InChI is InChI=1S/C14H17NO4/c1-2-3-8-19-9-7-15-13(16)11-5-4-6-12(10-11)14(17)18/h2,4-6,10H,1,3,7-9H2,(H,15,16)(H,17,18). The zero-order valence-electron chi connectivity index (χ0n) is 10.6. The zero-order chi connectivity index (χ0) is 14.1. The second-order valence-corrected chi connectivity index (χ2v) is 3.83. The van der Waals surface area contributed by atoms with E-state index in [9.17, 15) is 9.59 Å². The Hall–Kier alpha value is -2.14. The lowest BCUT2D eigenvalue weighted by molar-refractivity contribution is 0.0697. The second-order valence-electron chi connectivity index (χ2n) is 3.83. The average Bonchev–Trinajstić information content (AvgIpc) is 2.42. The highest BCUT2D eigenvalue weighted by molar-refractivity contribution is 5.97. The number of carboxylic acids is 1. The number of nitrogens with one attached hydrogen (secondary N) is 1. The summed E-state index contributed by atoms with van der Waals surface area (Å²) in [6.07, 6.45) is 2.53. The van der Waals surface area contributed by atoms with Gasteiger partial charge in [-0.3, -0.25) is 4.79 Å². The minimum Gasteiger partial charge on any atom is -0.478 e. The molecule has 5 nitrogen and oxygen atoms in total. The molecule has 0 heterocycles. The number of benzene rings is 1. The van der Waals surface area contributed by atoms with E-state index < -0.39 is 5.97 Å². The first-order valence-electron chi connectivity index (χ1n) is 5.95. The van der Waals surface area contributed by atoms with Crippen LogP contribution in [-0.2, 0) is 4.74 Å². The molecule has 0 saturated heterocycles. The zero-order valence-corrected chi connectivity index (χ0v) is 10.6. The molecule has 2 N–H and O–H groups in total. The summed E-state index contributed by atoms with van der Waals surface area (Å²) in [5.74, 6) is -1.36. The number of carbonyl (C=O) groups is 2. The minimum absolute atomic E-state index is 0.0925. The molecule has 0 aliphatic rings. The Morgan fingerprint density at radius 2 is 2.05 bits per heavy atom. The molecular weight excluding hydrogens is 246 g/mol. The number of hydrogen-bond acceptors (Lipinski definition) is 3. The molecule has 0 aromatic heterocycles. The molecule has 0 aliphatic heterocycles. The van der Waals surface area contributed by atoms with E-state index in [1.807, 2.05) is 0 Å². The van der Waals surface area contributed by atoms with E-state index in [4.69, 9.17) is 9.84 Å². The fourth-order valence-electron chi connectivity index (χ4n) is 1.40. The highest BCUT2D eigenvalue weighted by Gasteiger charge is 2.08. The quantitative estimate of drug-likeness (QED) is 0.553. The fraction of sp³-hybridized carbons (Fsp3) is 0.286. The predicted octanol–water partition coefficient (Wildman–Crippen LogP) is 1.71. The molecule has 0 unspecified atom stereocenters. The maximum atomic E-state index is 11.7. The van der Waals surface area contributed by atoms with E-state index in [1.54, 1.807) is 18.2 Å². The van der Waals surface area contributed by atoms with Crippen LogP contribution in [0.4, 0.5) is 0 Å². The van der Waals surface area contributed by atoms with Crippen molar-refractivity contribution in [2.75, 3.05) is 19.8 Å². The number of amides is 1. The summed E-state index contributed by atoms with van der Waals surface area (Å²) < 4.78 is 5.24. The number of aromatic carboxylic acids is 1. The summed E-state index contributed by atoms with van der Waals surface area (Å²) in [6.45, 7) is 4.95. The molecule has 0 saturated carbocycles. The van der Waals surface area contributed by atoms with E-state index in [0.717, 1.165) is 6.42 Å². The van der Waals surface area contributed by atoms with Crippen molar-refractivity contribution >= 4 is 11.9 Å². The van der Waals surface area contributed by atoms with Gasteiger partial charge >= 0.3 is 5.97 Å². The van der Waals surface area contributed by atoms with E-state index >= 15 is 0 Å². The number of carbonyl (C=O) groups excluding carboxylic acids is 1. The summed E-state index contributed by atoms with van der Waals surface area (Å²) in [5, 5.41) is 11.5. The van der Waals surface area contributed by atoms with Crippen LogP contribution in [0, 0.1) is 0 Å². The Bertz CT molecular complexity index is 457. The van der Waals surface area contributed by atoms with Gasteiger partial charge in [0, 0.05) is 12.1 Å². The van der Waals surface area contributed by atoms with Gasteiger partial charge in [0.25, 0.3) is 5.91 Å². The molecule has 19 heavy (non-hydrogen) atoms. The summed E-state index contributed by atoms with van der Waals surface area (Å²) in [6, 6.07) is 5.90. The van der Waals surface area contributed by atoms with Crippen LogP contribution in [0.3, 0.4) is 0 Å². The molecule has 1 aromatic rings. The average molecular weight is 263 g/mol. The summed E-state index contributed by atoms with van der Waals surface area (Å²) in [7, 11) is 0. The number of rotatable bonds is 8. The number of hydrogen-bond donors (Lipinski definition) is 2.